The van der Waals surface area contributed by atoms with Gasteiger partial charge >= 0.3 is 0 Å². The van der Waals surface area contributed by atoms with Gasteiger partial charge < -0.3 is 10.2 Å². The molecule has 1 N–H and O–H groups in total. The Hall–Kier alpha value is -2.36. The Morgan fingerprint density at radius 2 is 1.90 bits per heavy atom. The van der Waals surface area contributed by atoms with Crippen molar-refractivity contribution in [1.82, 2.24) is 10.2 Å². The van der Waals surface area contributed by atoms with Gasteiger partial charge in [0.05, 0.1) is 0 Å². The Morgan fingerprint density at radius 3 is 2.45 bits per heavy atom. The SMILES string of the molecule is C=N/C(NC1(C)CC1)=C(\C)C(C(=C)N1CC(CCc2ccccc2F)C1)=C(C)C. The van der Waals surface area contributed by atoms with Gasteiger partial charge in [0, 0.05) is 35.5 Å². The lowest BCUT2D eigenvalue weighted by molar-refractivity contribution is 0.139. The largest absolute Gasteiger partial charge is 0.371 e. The molecule has 0 bridgehead atoms. The molecule has 29 heavy (non-hydrogen) atoms. The van der Waals surface area contributed by atoms with Crippen LogP contribution in [0.2, 0.25) is 0 Å². The Kier molecular flexibility index (Phi) is 6.30. The molecule has 1 aliphatic carbocycles. The molecule has 4 heteroatoms. The highest BCUT2D eigenvalue weighted by atomic mass is 19.1. The van der Waals surface area contributed by atoms with Crippen molar-refractivity contribution in [3.8, 4) is 0 Å². The van der Waals surface area contributed by atoms with E-state index in [1.54, 1.807) is 12.1 Å². The molecule has 1 saturated carbocycles. The minimum Gasteiger partial charge on any atom is -0.371 e. The molecule has 0 atom stereocenters. The third-order valence-electron chi connectivity index (χ3n) is 6.22. The van der Waals surface area contributed by atoms with E-state index < -0.39 is 0 Å². The molecule has 2 fully saturated rings. The smallest absolute Gasteiger partial charge is 0.129 e. The zero-order valence-corrected chi connectivity index (χ0v) is 18.3. The normalized spacial score (nSPS) is 18.4. The second kappa shape index (κ2) is 8.56. The average molecular weight is 396 g/mol. The molecule has 0 aromatic heterocycles. The van der Waals surface area contributed by atoms with E-state index in [4.69, 9.17) is 0 Å². The first kappa shape index (κ1) is 21.4. The van der Waals surface area contributed by atoms with Gasteiger partial charge in [-0.3, -0.25) is 0 Å². The van der Waals surface area contributed by atoms with Crippen molar-refractivity contribution >= 4 is 6.72 Å². The van der Waals surface area contributed by atoms with Crippen LogP contribution in [0.25, 0.3) is 0 Å². The molecular formula is C25H34FN3. The van der Waals surface area contributed by atoms with Crippen LogP contribution in [0, 0.1) is 11.7 Å². The van der Waals surface area contributed by atoms with Crippen LogP contribution < -0.4 is 5.32 Å². The summed E-state index contributed by atoms with van der Waals surface area (Å²) < 4.78 is 13.8. The zero-order valence-electron chi connectivity index (χ0n) is 18.3. The first-order chi connectivity index (χ1) is 13.7. The maximum atomic E-state index is 13.8. The zero-order chi connectivity index (χ0) is 21.2. The highest BCUT2D eigenvalue weighted by Gasteiger charge is 2.38. The Balaban J connectivity index is 1.62. The molecule has 156 valence electrons. The fourth-order valence-electron chi connectivity index (χ4n) is 4.04. The van der Waals surface area contributed by atoms with Crippen molar-refractivity contribution in [3.63, 3.8) is 0 Å². The maximum Gasteiger partial charge on any atom is 0.129 e. The average Bonchev–Trinajstić information content (AvgIpc) is 3.36. The number of nitrogens with zero attached hydrogens (tertiary/aromatic N) is 2. The minimum absolute atomic E-state index is 0.0954. The van der Waals surface area contributed by atoms with E-state index in [1.807, 2.05) is 12.1 Å². The number of hydrogen-bond donors (Lipinski definition) is 1. The molecule has 3 rings (SSSR count). The molecule has 0 amide bonds. The van der Waals surface area contributed by atoms with Gasteiger partial charge in [0.1, 0.15) is 11.6 Å². The summed E-state index contributed by atoms with van der Waals surface area (Å²) in [6.45, 7) is 18.7. The molecule has 1 aromatic rings. The number of hydrogen-bond acceptors (Lipinski definition) is 3. The summed E-state index contributed by atoms with van der Waals surface area (Å²) in [5, 5.41) is 3.56. The number of halogens is 1. The molecular weight excluding hydrogens is 361 g/mol. The number of aliphatic imine (C=N–C) groups is 1. The lowest BCUT2D eigenvalue weighted by Gasteiger charge is -2.43. The van der Waals surface area contributed by atoms with Crippen molar-refractivity contribution in [3.05, 3.63) is 70.5 Å². The molecule has 1 heterocycles. The van der Waals surface area contributed by atoms with Gasteiger partial charge in [-0.2, -0.15) is 0 Å². The highest BCUT2D eigenvalue weighted by molar-refractivity contribution is 5.50. The van der Waals surface area contributed by atoms with Crippen molar-refractivity contribution in [2.75, 3.05) is 13.1 Å². The lowest BCUT2D eigenvalue weighted by atomic mass is 9.89. The first-order valence-electron chi connectivity index (χ1n) is 10.6. The third kappa shape index (κ3) is 4.98. The van der Waals surface area contributed by atoms with Gasteiger partial charge in [-0.15, -0.1) is 0 Å². The summed E-state index contributed by atoms with van der Waals surface area (Å²) in [5.41, 5.74) is 5.51. The molecule has 3 nitrogen and oxygen atoms in total. The topological polar surface area (TPSA) is 27.6 Å². The van der Waals surface area contributed by atoms with Gasteiger partial charge in [0.2, 0.25) is 0 Å². The summed E-state index contributed by atoms with van der Waals surface area (Å²) >= 11 is 0. The summed E-state index contributed by atoms with van der Waals surface area (Å²) in [4.78, 5) is 6.61. The van der Waals surface area contributed by atoms with Crippen molar-refractivity contribution in [2.45, 2.75) is 58.9 Å². The number of rotatable bonds is 9. The van der Waals surface area contributed by atoms with Crippen LogP contribution >= 0.6 is 0 Å². The van der Waals surface area contributed by atoms with Crippen LogP contribution in [0.5, 0.6) is 0 Å². The first-order valence-corrected chi connectivity index (χ1v) is 10.6. The van der Waals surface area contributed by atoms with Crippen molar-refractivity contribution in [2.24, 2.45) is 10.9 Å². The molecule has 1 aromatic carbocycles. The quantitative estimate of drug-likeness (QED) is 0.434. The second-order valence-electron chi connectivity index (χ2n) is 9.04. The maximum absolute atomic E-state index is 13.8. The minimum atomic E-state index is -0.0954. The molecule has 0 unspecified atom stereocenters. The molecule has 2 aliphatic rings. The molecule has 1 saturated heterocycles. The molecule has 0 radical (unpaired) electrons. The predicted octanol–water partition coefficient (Wildman–Crippen LogP) is 5.61. The van der Waals surface area contributed by atoms with E-state index in [9.17, 15) is 4.39 Å². The van der Waals surface area contributed by atoms with Gasteiger partial charge in [-0.1, -0.05) is 30.4 Å². The van der Waals surface area contributed by atoms with Crippen LogP contribution in [0.1, 0.15) is 52.5 Å². The molecule has 1 aliphatic heterocycles. The fraction of sp³-hybridized carbons (Fsp3) is 0.480. The lowest BCUT2D eigenvalue weighted by Crippen LogP contribution is -2.46. The molecule has 0 spiro atoms. The van der Waals surface area contributed by atoms with E-state index in [0.717, 1.165) is 54.2 Å². The van der Waals surface area contributed by atoms with Crippen LogP contribution in [-0.2, 0) is 6.42 Å². The number of benzene rings is 1. The van der Waals surface area contributed by atoms with Crippen LogP contribution in [0.15, 0.2) is 64.1 Å². The standard InChI is InChI=1S/C25H34FN3/c1-17(2)23(18(3)24(27-6)28-25(5)13-14-25)19(4)29-15-20(16-29)11-12-21-9-7-8-10-22(21)26/h7-10,20,28H,4,6,11-16H2,1-3,5H3/b24-18-. The summed E-state index contributed by atoms with van der Waals surface area (Å²) in [6.07, 6.45) is 4.13. The van der Waals surface area contributed by atoms with E-state index >= 15 is 0 Å². The van der Waals surface area contributed by atoms with E-state index in [0.29, 0.717) is 5.92 Å². The van der Waals surface area contributed by atoms with Gasteiger partial charge in [-0.05, 0) is 77.6 Å². The van der Waals surface area contributed by atoms with Crippen LogP contribution in [0.4, 0.5) is 4.39 Å². The third-order valence-corrected chi connectivity index (χ3v) is 6.22. The predicted molar refractivity (Wildman–Crippen MR) is 120 cm³/mol. The van der Waals surface area contributed by atoms with Crippen LogP contribution in [0.3, 0.4) is 0 Å². The monoisotopic (exact) mass is 395 g/mol. The van der Waals surface area contributed by atoms with E-state index in [2.05, 4.69) is 56.2 Å². The summed E-state index contributed by atoms with van der Waals surface area (Å²) in [7, 11) is 0. The van der Waals surface area contributed by atoms with Gasteiger partial charge in [0.25, 0.3) is 0 Å². The Morgan fingerprint density at radius 1 is 1.24 bits per heavy atom. The number of allylic oxidation sites excluding steroid dienone is 2. The number of nitrogens with one attached hydrogen (secondary N) is 1. The highest BCUT2D eigenvalue weighted by Crippen LogP contribution is 2.38. The van der Waals surface area contributed by atoms with Crippen molar-refractivity contribution in [1.29, 1.82) is 0 Å². The van der Waals surface area contributed by atoms with E-state index in [1.165, 1.54) is 18.4 Å². The second-order valence-corrected chi connectivity index (χ2v) is 9.04. The number of likely N-dealkylation sites (tertiary alicyclic amines) is 1. The number of aryl methyl sites for hydroxylation is 1. The van der Waals surface area contributed by atoms with Gasteiger partial charge in [-0.25, -0.2) is 9.38 Å². The van der Waals surface area contributed by atoms with E-state index in [-0.39, 0.29) is 11.4 Å². The van der Waals surface area contributed by atoms with Crippen molar-refractivity contribution < 1.29 is 4.39 Å². The fourth-order valence-corrected chi connectivity index (χ4v) is 4.04. The summed E-state index contributed by atoms with van der Waals surface area (Å²) in [6, 6.07) is 7.08. The Bertz CT molecular complexity index is 851. The van der Waals surface area contributed by atoms with Crippen LogP contribution in [-0.4, -0.2) is 30.2 Å². The van der Waals surface area contributed by atoms with Gasteiger partial charge in [0.15, 0.2) is 0 Å². The summed E-state index contributed by atoms with van der Waals surface area (Å²) in [5.74, 6) is 1.34. The Labute approximate surface area is 175 Å².